The number of aromatic hydroxyl groups is 1. The molecule has 0 amide bonds. The summed E-state index contributed by atoms with van der Waals surface area (Å²) in [6.45, 7) is 1.85. The smallest absolute Gasteiger partial charge is 0.340 e. The van der Waals surface area contributed by atoms with Crippen molar-refractivity contribution in [1.82, 2.24) is 4.98 Å². The number of aryl methyl sites for hydroxylation is 1. The number of fused-ring (bicyclic) bond motifs is 1. The first-order valence-corrected chi connectivity index (χ1v) is 6.78. The quantitative estimate of drug-likeness (QED) is 0.725. The largest absolute Gasteiger partial charge is 0.505 e. The number of esters is 1. The van der Waals surface area contributed by atoms with Gasteiger partial charge in [0, 0.05) is 22.7 Å². The highest BCUT2D eigenvalue weighted by atomic mass is 19.1. The predicted octanol–water partition coefficient (Wildman–Crippen LogP) is 3.68. The SMILES string of the molecule is Cc1[nH]c2cc(F)c(O)cc2c1C(=O)OCc1ccccc1. The van der Waals surface area contributed by atoms with Gasteiger partial charge in [-0.15, -0.1) is 0 Å². The Labute approximate surface area is 126 Å². The Morgan fingerprint density at radius 3 is 2.73 bits per heavy atom. The van der Waals surface area contributed by atoms with Crippen LogP contribution in [0, 0.1) is 12.7 Å². The summed E-state index contributed by atoms with van der Waals surface area (Å²) >= 11 is 0. The summed E-state index contributed by atoms with van der Waals surface area (Å²) in [4.78, 5) is 15.2. The summed E-state index contributed by atoms with van der Waals surface area (Å²) in [7, 11) is 0. The average Bonchev–Trinajstić information content (AvgIpc) is 2.81. The van der Waals surface area contributed by atoms with Gasteiger partial charge in [0.15, 0.2) is 11.6 Å². The molecule has 2 aromatic carbocycles. The van der Waals surface area contributed by atoms with Gasteiger partial charge < -0.3 is 14.8 Å². The minimum absolute atomic E-state index is 0.152. The van der Waals surface area contributed by atoms with Crippen LogP contribution < -0.4 is 0 Å². The van der Waals surface area contributed by atoms with Crippen LogP contribution in [0.15, 0.2) is 42.5 Å². The summed E-state index contributed by atoms with van der Waals surface area (Å²) in [6, 6.07) is 11.7. The maximum absolute atomic E-state index is 13.4. The van der Waals surface area contributed by atoms with Crippen LogP contribution in [0.2, 0.25) is 0 Å². The van der Waals surface area contributed by atoms with E-state index in [2.05, 4.69) is 4.98 Å². The van der Waals surface area contributed by atoms with Crippen LogP contribution in [0.4, 0.5) is 4.39 Å². The molecular weight excluding hydrogens is 285 g/mol. The van der Waals surface area contributed by atoms with E-state index in [1.807, 2.05) is 30.3 Å². The van der Waals surface area contributed by atoms with Gasteiger partial charge in [0.2, 0.25) is 0 Å². The normalized spacial score (nSPS) is 10.8. The lowest BCUT2D eigenvalue weighted by Gasteiger charge is -2.05. The number of benzene rings is 2. The highest BCUT2D eigenvalue weighted by molar-refractivity contribution is 6.05. The first-order valence-electron chi connectivity index (χ1n) is 6.78. The zero-order valence-electron chi connectivity index (χ0n) is 11.9. The third-order valence-corrected chi connectivity index (χ3v) is 3.47. The number of halogens is 1. The van der Waals surface area contributed by atoms with Crippen LogP contribution in [0.1, 0.15) is 21.6 Å². The van der Waals surface area contributed by atoms with Crippen molar-refractivity contribution < 1.29 is 19.0 Å². The number of H-pyrrole nitrogens is 1. The van der Waals surface area contributed by atoms with Crippen molar-refractivity contribution in [2.24, 2.45) is 0 Å². The van der Waals surface area contributed by atoms with Gasteiger partial charge in [-0.25, -0.2) is 9.18 Å². The van der Waals surface area contributed by atoms with Crippen LogP contribution in [0.3, 0.4) is 0 Å². The number of hydrogen-bond acceptors (Lipinski definition) is 3. The summed E-state index contributed by atoms with van der Waals surface area (Å²) < 4.78 is 18.7. The lowest BCUT2D eigenvalue weighted by Crippen LogP contribution is -2.06. The van der Waals surface area contributed by atoms with Gasteiger partial charge >= 0.3 is 5.97 Å². The molecule has 0 spiro atoms. The topological polar surface area (TPSA) is 62.3 Å². The fourth-order valence-corrected chi connectivity index (χ4v) is 2.40. The third-order valence-electron chi connectivity index (χ3n) is 3.47. The van der Waals surface area contributed by atoms with E-state index in [0.717, 1.165) is 11.6 Å². The maximum atomic E-state index is 13.4. The average molecular weight is 299 g/mol. The van der Waals surface area contributed by atoms with E-state index in [1.54, 1.807) is 6.92 Å². The molecule has 0 aliphatic heterocycles. The fraction of sp³-hybridized carbons (Fsp3) is 0.118. The van der Waals surface area contributed by atoms with Gasteiger partial charge in [0.1, 0.15) is 6.61 Å². The molecule has 0 fully saturated rings. The van der Waals surface area contributed by atoms with Gasteiger partial charge in [0.25, 0.3) is 0 Å². The number of carbonyl (C=O) groups excluding carboxylic acids is 1. The molecule has 0 radical (unpaired) electrons. The van der Waals surface area contributed by atoms with E-state index < -0.39 is 17.5 Å². The number of nitrogens with one attached hydrogen (secondary N) is 1. The Morgan fingerprint density at radius 1 is 1.27 bits per heavy atom. The van der Waals surface area contributed by atoms with Crippen LogP contribution in [0.5, 0.6) is 5.75 Å². The molecular formula is C17H14FNO3. The Bertz CT molecular complexity index is 840. The van der Waals surface area contributed by atoms with Crippen molar-refractivity contribution in [3.05, 3.63) is 65.1 Å². The number of hydrogen-bond donors (Lipinski definition) is 2. The van der Waals surface area contributed by atoms with E-state index in [-0.39, 0.29) is 6.61 Å². The van der Waals surface area contributed by atoms with Crippen molar-refractivity contribution >= 4 is 16.9 Å². The fourth-order valence-electron chi connectivity index (χ4n) is 2.40. The molecule has 4 nitrogen and oxygen atoms in total. The Hall–Kier alpha value is -2.82. The zero-order valence-corrected chi connectivity index (χ0v) is 11.9. The summed E-state index contributed by atoms with van der Waals surface area (Å²) in [5.74, 6) is -1.75. The van der Waals surface area contributed by atoms with Crippen molar-refractivity contribution in [3.63, 3.8) is 0 Å². The van der Waals surface area contributed by atoms with E-state index in [9.17, 15) is 14.3 Å². The molecule has 1 heterocycles. The van der Waals surface area contributed by atoms with Crippen LogP contribution in [0.25, 0.3) is 10.9 Å². The molecule has 22 heavy (non-hydrogen) atoms. The molecule has 0 aliphatic carbocycles. The Kier molecular flexibility index (Phi) is 3.55. The van der Waals surface area contributed by atoms with E-state index >= 15 is 0 Å². The number of rotatable bonds is 3. The van der Waals surface area contributed by atoms with Gasteiger partial charge in [-0.05, 0) is 18.6 Å². The number of carbonyl (C=O) groups is 1. The molecule has 0 bridgehead atoms. The number of aromatic nitrogens is 1. The van der Waals surface area contributed by atoms with Gasteiger partial charge in [-0.3, -0.25) is 0 Å². The summed E-state index contributed by atoms with van der Waals surface area (Å²) in [5.41, 5.74) is 2.20. The van der Waals surface area contributed by atoms with Crippen LogP contribution in [-0.4, -0.2) is 16.1 Å². The second-order valence-corrected chi connectivity index (χ2v) is 5.04. The molecule has 0 aliphatic rings. The van der Waals surface area contributed by atoms with Crippen molar-refractivity contribution in [2.75, 3.05) is 0 Å². The molecule has 3 rings (SSSR count). The van der Waals surface area contributed by atoms with Crippen LogP contribution >= 0.6 is 0 Å². The lowest BCUT2D eigenvalue weighted by molar-refractivity contribution is 0.0474. The molecule has 0 unspecified atom stereocenters. The number of ether oxygens (including phenoxy) is 1. The van der Waals surface area contributed by atoms with Gasteiger partial charge in [-0.1, -0.05) is 30.3 Å². The van der Waals surface area contributed by atoms with Crippen molar-refractivity contribution in [1.29, 1.82) is 0 Å². The second kappa shape index (κ2) is 5.52. The van der Waals surface area contributed by atoms with E-state index in [1.165, 1.54) is 6.07 Å². The molecule has 0 saturated carbocycles. The summed E-state index contributed by atoms with van der Waals surface area (Å²) in [5, 5.41) is 9.94. The first kappa shape index (κ1) is 14.1. The summed E-state index contributed by atoms with van der Waals surface area (Å²) in [6.07, 6.45) is 0. The third kappa shape index (κ3) is 2.53. The Balaban J connectivity index is 1.90. The monoisotopic (exact) mass is 299 g/mol. The minimum atomic E-state index is -0.738. The molecule has 5 heteroatoms. The van der Waals surface area contributed by atoms with Gasteiger partial charge in [0.05, 0.1) is 5.56 Å². The zero-order chi connectivity index (χ0) is 15.7. The first-order chi connectivity index (χ1) is 10.6. The second-order valence-electron chi connectivity index (χ2n) is 5.04. The maximum Gasteiger partial charge on any atom is 0.340 e. The van der Waals surface area contributed by atoms with Crippen LogP contribution in [-0.2, 0) is 11.3 Å². The van der Waals surface area contributed by atoms with E-state index in [0.29, 0.717) is 22.2 Å². The molecule has 0 saturated heterocycles. The number of aromatic amines is 1. The molecule has 1 aromatic heterocycles. The molecule has 112 valence electrons. The highest BCUT2D eigenvalue weighted by Gasteiger charge is 2.19. The minimum Gasteiger partial charge on any atom is -0.505 e. The molecule has 0 atom stereocenters. The number of phenols is 1. The standard InChI is InChI=1S/C17H14FNO3/c1-10-16(12-7-15(20)13(18)8-14(12)19-10)17(21)22-9-11-5-3-2-4-6-11/h2-8,19-20H,9H2,1H3. The molecule has 2 N–H and O–H groups in total. The predicted molar refractivity (Wildman–Crippen MR) is 80.2 cm³/mol. The highest BCUT2D eigenvalue weighted by Crippen LogP contribution is 2.28. The van der Waals surface area contributed by atoms with Crippen molar-refractivity contribution in [3.8, 4) is 5.75 Å². The van der Waals surface area contributed by atoms with E-state index in [4.69, 9.17) is 4.74 Å². The van der Waals surface area contributed by atoms with Gasteiger partial charge in [-0.2, -0.15) is 0 Å². The van der Waals surface area contributed by atoms with Crippen molar-refractivity contribution in [2.45, 2.75) is 13.5 Å². The molecule has 3 aromatic rings. The Morgan fingerprint density at radius 2 is 2.00 bits per heavy atom. The lowest BCUT2D eigenvalue weighted by atomic mass is 10.1. The number of phenolic OH excluding ortho intramolecular Hbond substituents is 1.